The van der Waals surface area contributed by atoms with Crippen molar-refractivity contribution in [3.05, 3.63) is 0 Å². The van der Waals surface area contributed by atoms with Gasteiger partial charge in [-0.05, 0) is 62.3 Å². The lowest BCUT2D eigenvalue weighted by atomic mass is 10.5. The Morgan fingerprint density at radius 2 is 0.411 bits per heavy atom. The molecule has 0 aliphatic rings. The second-order valence-corrected chi connectivity index (χ2v) is 8.68. The van der Waals surface area contributed by atoms with E-state index in [1.807, 2.05) is 0 Å². The summed E-state index contributed by atoms with van der Waals surface area (Å²) in [5.74, 6) is -2.02. The van der Waals surface area contributed by atoms with Crippen molar-refractivity contribution in [3.63, 3.8) is 0 Å². The summed E-state index contributed by atoms with van der Waals surface area (Å²) in [4.78, 5) is 88.8. The van der Waals surface area contributed by atoms with Crippen LogP contribution in [0.1, 0.15) is 124 Å². The summed E-state index contributed by atoms with van der Waals surface area (Å²) >= 11 is 0. The first-order chi connectivity index (χ1) is 26.0. The summed E-state index contributed by atoms with van der Waals surface area (Å²) in [6.07, 6.45) is 0.105. The quantitative estimate of drug-likeness (QED) is 0.222. The topological polar surface area (TPSA) is 257 Å². The predicted molar refractivity (Wildman–Crippen MR) is 207 cm³/mol. The van der Waals surface area contributed by atoms with Crippen LogP contribution in [0.2, 0.25) is 0 Å². The van der Waals surface area contributed by atoms with Crippen LogP contribution >= 0.6 is 0 Å². The maximum atomic E-state index is 10.3. The average Bonchev–Trinajstić information content (AvgIpc) is 3.03. The van der Waals surface area contributed by atoms with E-state index in [-0.39, 0.29) is 66.8 Å². The zero-order valence-electron chi connectivity index (χ0n) is 37.1. The summed E-state index contributed by atoms with van der Waals surface area (Å²) in [7, 11) is 0. The summed E-state index contributed by atoms with van der Waals surface area (Å²) < 4.78 is 39.7. The lowest BCUT2D eigenvalue weighted by molar-refractivity contribution is -0.144. The van der Waals surface area contributed by atoms with Crippen LogP contribution in [0, 0.1) is 0 Å². The molecule has 19 nitrogen and oxygen atoms in total. The zero-order chi connectivity index (χ0) is 46.3. The van der Waals surface area contributed by atoms with E-state index < -0.39 is 0 Å². The number of esters is 9. The first kappa shape index (κ1) is 72.4. The van der Waals surface area contributed by atoms with Gasteiger partial charge in [-0.25, -0.2) is 0 Å². The van der Waals surface area contributed by atoms with E-state index >= 15 is 0 Å². The molecule has 0 spiro atoms. The Hall–Kier alpha value is -4.81. The van der Waals surface area contributed by atoms with E-state index in [0.717, 1.165) is 0 Å². The summed E-state index contributed by atoms with van der Waals surface area (Å²) in [5.41, 5.74) is 0. The van der Waals surface area contributed by atoms with Crippen molar-refractivity contribution >= 4 is 53.7 Å². The second kappa shape index (κ2) is 68.2. The smallest absolute Gasteiger partial charge is 0.308 e. The molecule has 0 aromatic carbocycles. The van der Waals surface area contributed by atoms with Gasteiger partial charge in [-0.3, -0.25) is 43.2 Å². The highest BCUT2D eigenvalue weighted by Crippen LogP contribution is 1.82. The van der Waals surface area contributed by atoms with Crippen LogP contribution in [0.3, 0.4) is 0 Å². The molecular formula is C37H74O19. The van der Waals surface area contributed by atoms with Crippen LogP contribution in [0.5, 0.6) is 0 Å². The van der Waals surface area contributed by atoms with Crippen molar-refractivity contribution in [2.75, 3.05) is 66.1 Å². The third-order valence-corrected chi connectivity index (χ3v) is 3.40. The van der Waals surface area contributed by atoms with Crippen LogP contribution in [-0.2, 0) is 85.8 Å². The molecule has 336 valence electrons. The molecule has 1 N–H and O–H groups in total. The molecule has 56 heavy (non-hydrogen) atoms. The molecule has 0 atom stereocenters. The molecule has 0 aromatic rings. The number of ether oxygens (including phenoxy) is 9. The Labute approximate surface area is 334 Å². The lowest BCUT2D eigenvalue weighted by Crippen LogP contribution is -2.05. The number of rotatable bonds is 11. The average molecular weight is 823 g/mol. The van der Waals surface area contributed by atoms with E-state index in [2.05, 4.69) is 42.6 Å². The number of aliphatic hydroxyl groups is 1. The molecule has 0 saturated heterocycles. The molecule has 0 heterocycles. The maximum absolute atomic E-state index is 10.3. The number of carbonyl (C=O) groups is 9. The largest absolute Gasteiger partial charge is 0.466 e. The molecule has 19 heteroatoms. The number of carbonyl (C=O) groups excluding carboxylic acids is 9. The van der Waals surface area contributed by atoms with Gasteiger partial charge in [-0.15, -0.1) is 0 Å². The number of aliphatic hydroxyl groups excluding tert-OH is 1. The van der Waals surface area contributed by atoms with Crippen LogP contribution in [0.25, 0.3) is 0 Å². The summed E-state index contributed by atoms with van der Waals surface area (Å²) in [6.45, 7) is 31.2. The first-order valence-electron chi connectivity index (χ1n) is 17.8. The van der Waals surface area contributed by atoms with Gasteiger partial charge in [0.15, 0.2) is 0 Å². The fraction of sp³-hybridized carbons (Fsp3) is 0.757. The van der Waals surface area contributed by atoms with Gasteiger partial charge in [0.05, 0.1) is 72.5 Å². The van der Waals surface area contributed by atoms with Crippen molar-refractivity contribution in [2.24, 2.45) is 0 Å². The van der Waals surface area contributed by atoms with Gasteiger partial charge in [-0.1, -0.05) is 0 Å². The SMILES string of the molecule is CCOC(=O)CCO.CCOC(C)=O.CCOC(C)=O.CCOC(C)=O.CCOC(C)=O.CCOC(C)=O.CCOC(C)=O.CCOC(C)=O.CCOC(C)=O. The third kappa shape index (κ3) is 180. The predicted octanol–water partition coefficient (Wildman–Crippen LogP) is 4.49. The van der Waals surface area contributed by atoms with Gasteiger partial charge in [0, 0.05) is 55.4 Å². The molecule has 0 saturated carbocycles. The van der Waals surface area contributed by atoms with Crippen LogP contribution in [0.15, 0.2) is 0 Å². The molecule has 0 bridgehead atoms. The molecule has 0 aliphatic heterocycles. The van der Waals surface area contributed by atoms with Gasteiger partial charge < -0.3 is 47.7 Å². The van der Waals surface area contributed by atoms with Gasteiger partial charge in [0.2, 0.25) is 0 Å². The highest BCUT2D eigenvalue weighted by molar-refractivity contribution is 5.69. The van der Waals surface area contributed by atoms with E-state index in [0.29, 0.717) is 59.5 Å². The fourth-order valence-corrected chi connectivity index (χ4v) is 1.95. The molecule has 0 amide bonds. The van der Waals surface area contributed by atoms with Crippen LogP contribution in [0.4, 0.5) is 0 Å². The van der Waals surface area contributed by atoms with E-state index in [4.69, 9.17) is 5.11 Å². The fourth-order valence-electron chi connectivity index (χ4n) is 1.95. The second-order valence-electron chi connectivity index (χ2n) is 8.68. The Kier molecular flexibility index (Phi) is 88.3. The van der Waals surface area contributed by atoms with Crippen molar-refractivity contribution in [1.82, 2.24) is 0 Å². The molecule has 0 aromatic heterocycles. The monoisotopic (exact) mass is 822 g/mol. The Morgan fingerprint density at radius 1 is 0.286 bits per heavy atom. The molecule has 0 fully saturated rings. The third-order valence-electron chi connectivity index (χ3n) is 3.40. The minimum absolute atomic E-state index is 0.105. The Morgan fingerprint density at radius 3 is 0.464 bits per heavy atom. The highest BCUT2D eigenvalue weighted by atomic mass is 16.6. The van der Waals surface area contributed by atoms with Crippen molar-refractivity contribution in [1.29, 1.82) is 0 Å². The normalized spacial score (nSPS) is 7.82. The van der Waals surface area contributed by atoms with E-state index in [9.17, 15) is 43.2 Å². The molecule has 0 unspecified atom stereocenters. The van der Waals surface area contributed by atoms with Gasteiger partial charge in [0.25, 0.3) is 0 Å². The lowest BCUT2D eigenvalue weighted by Gasteiger charge is -1.96. The minimum Gasteiger partial charge on any atom is -0.466 e. The van der Waals surface area contributed by atoms with Gasteiger partial charge in [-0.2, -0.15) is 0 Å². The molecule has 0 rings (SSSR count). The standard InChI is InChI=1S/C5H10O3.8C4H8O2/c1-2-8-5(7)3-4-6;8*1-3-6-4(2)5/h6H,2-4H2,1H3;8*3H2,1-2H3. The van der Waals surface area contributed by atoms with Crippen molar-refractivity contribution in [2.45, 2.75) is 124 Å². The van der Waals surface area contributed by atoms with Gasteiger partial charge >= 0.3 is 53.7 Å². The van der Waals surface area contributed by atoms with Gasteiger partial charge in [0.1, 0.15) is 0 Å². The molecule has 0 aliphatic carbocycles. The highest BCUT2D eigenvalue weighted by Gasteiger charge is 1.96. The molecular weight excluding hydrogens is 748 g/mol. The van der Waals surface area contributed by atoms with E-state index in [1.165, 1.54) is 55.4 Å². The van der Waals surface area contributed by atoms with Crippen molar-refractivity contribution in [3.8, 4) is 0 Å². The number of hydrogen-bond acceptors (Lipinski definition) is 19. The first-order valence-corrected chi connectivity index (χ1v) is 17.8. The van der Waals surface area contributed by atoms with Crippen molar-refractivity contribution < 1.29 is 90.9 Å². The minimum atomic E-state index is -0.338. The maximum Gasteiger partial charge on any atom is 0.308 e. The zero-order valence-corrected chi connectivity index (χ0v) is 37.1. The number of hydrogen-bond donors (Lipinski definition) is 1. The van der Waals surface area contributed by atoms with Crippen LogP contribution < -0.4 is 0 Å². The van der Waals surface area contributed by atoms with Crippen LogP contribution in [-0.4, -0.2) is 125 Å². The van der Waals surface area contributed by atoms with E-state index in [1.54, 1.807) is 62.3 Å². The Bertz CT molecular complexity index is 735. The molecule has 0 radical (unpaired) electrons. The summed E-state index contributed by atoms with van der Waals surface area (Å²) in [5, 5.41) is 8.16. The Balaban J connectivity index is -0.0000000635. The summed E-state index contributed by atoms with van der Waals surface area (Å²) in [6, 6.07) is 0.